The molecule has 1 aromatic carbocycles. The van der Waals surface area contributed by atoms with E-state index in [2.05, 4.69) is 25.6 Å². The zero-order chi connectivity index (χ0) is 25.6. The average Bonchev–Trinajstić information content (AvgIpc) is 3.35. The Balaban J connectivity index is 1.16. The molecule has 0 spiro atoms. The largest absolute Gasteiger partial charge is 0.471 e. The van der Waals surface area contributed by atoms with E-state index in [-0.39, 0.29) is 40.9 Å². The first-order chi connectivity index (χ1) is 17.9. The number of fused-ring (bicyclic) bond motifs is 2. The van der Waals surface area contributed by atoms with Crippen LogP contribution in [-0.2, 0) is 9.47 Å². The molecule has 3 fully saturated rings. The molecule has 194 valence electrons. The van der Waals surface area contributed by atoms with Crippen molar-refractivity contribution in [1.82, 2.24) is 29.9 Å². The molecule has 1 amide bonds. The van der Waals surface area contributed by atoms with Gasteiger partial charge in [0.15, 0.2) is 5.82 Å². The number of amides is 1. The Morgan fingerprint density at radius 1 is 1.19 bits per heavy atom. The minimum atomic E-state index is -0.843. The molecule has 11 nitrogen and oxygen atoms in total. The number of carbonyl (C=O) groups is 1. The second-order valence-electron chi connectivity index (χ2n) is 9.84. The van der Waals surface area contributed by atoms with E-state index in [9.17, 15) is 9.18 Å². The minimum Gasteiger partial charge on any atom is -0.471 e. The highest BCUT2D eigenvalue weighted by Gasteiger charge is 2.47. The third-order valence-corrected chi connectivity index (χ3v) is 6.95. The number of carbonyl (C=O) groups excluding carboxylic acids is 1. The number of ether oxygens (including phenoxy) is 3. The molecule has 3 aromatic rings. The third-order valence-electron chi connectivity index (χ3n) is 6.95. The lowest BCUT2D eigenvalue weighted by atomic mass is 9.84. The van der Waals surface area contributed by atoms with Crippen LogP contribution < -0.4 is 10.1 Å². The molecule has 1 aliphatic carbocycles. The van der Waals surface area contributed by atoms with Crippen molar-refractivity contribution in [3.05, 3.63) is 48.6 Å². The molecule has 1 N–H and O–H groups in total. The number of hydrogen-bond acceptors (Lipinski definition) is 9. The van der Waals surface area contributed by atoms with Crippen molar-refractivity contribution in [3.8, 4) is 11.6 Å². The lowest BCUT2D eigenvalue weighted by Crippen LogP contribution is -2.59. The highest BCUT2D eigenvalue weighted by molar-refractivity contribution is 5.68. The molecule has 2 unspecified atom stereocenters. The van der Waals surface area contributed by atoms with E-state index >= 15 is 4.39 Å². The van der Waals surface area contributed by atoms with Crippen LogP contribution in [0.25, 0.3) is 5.69 Å². The monoisotopic (exact) mass is 513 g/mol. The van der Waals surface area contributed by atoms with Gasteiger partial charge in [0, 0.05) is 31.0 Å². The summed E-state index contributed by atoms with van der Waals surface area (Å²) in [6.45, 7) is 3.40. The zero-order valence-corrected chi connectivity index (χ0v) is 20.0. The number of likely N-dealkylation sites (tertiary alicyclic amines) is 1. The second-order valence-corrected chi connectivity index (χ2v) is 9.84. The number of nitrogens with one attached hydrogen (secondary N) is 1. The van der Waals surface area contributed by atoms with Crippen LogP contribution in [0.1, 0.15) is 19.8 Å². The summed E-state index contributed by atoms with van der Waals surface area (Å²) in [5, 5.41) is 10.2. The fraction of sp³-hybridized carbons (Fsp3) is 0.458. The molecule has 1 saturated carbocycles. The van der Waals surface area contributed by atoms with E-state index in [4.69, 9.17) is 14.2 Å². The molecule has 2 aromatic heterocycles. The zero-order valence-electron chi connectivity index (χ0n) is 20.0. The van der Waals surface area contributed by atoms with Crippen molar-refractivity contribution < 1.29 is 27.8 Å². The van der Waals surface area contributed by atoms with Crippen LogP contribution in [0.5, 0.6) is 5.88 Å². The SMILES string of the molecule is CC1(OC(=O)N2CC3COCC(C2)C3Oc2ncnc(Nc3ccc(-n4ccnn4)cc3F)c2F)CC1. The number of benzene rings is 1. The minimum absolute atomic E-state index is 0.0221. The Bertz CT molecular complexity index is 1290. The van der Waals surface area contributed by atoms with Gasteiger partial charge in [0.1, 0.15) is 23.8 Å². The number of rotatable bonds is 6. The quantitative estimate of drug-likeness (QED) is 0.531. The van der Waals surface area contributed by atoms with Crippen molar-refractivity contribution in [1.29, 1.82) is 0 Å². The smallest absolute Gasteiger partial charge is 0.410 e. The molecule has 0 radical (unpaired) electrons. The van der Waals surface area contributed by atoms with Crippen molar-refractivity contribution in [3.63, 3.8) is 0 Å². The number of piperidine rings is 1. The molecule has 2 bridgehead atoms. The number of hydrogen-bond donors (Lipinski definition) is 1. The van der Waals surface area contributed by atoms with E-state index in [1.165, 1.54) is 23.0 Å². The molecular formula is C24H25F2N7O4. The summed E-state index contributed by atoms with van der Waals surface area (Å²) < 4.78 is 48.8. The lowest BCUT2D eigenvalue weighted by molar-refractivity contribution is -0.112. The van der Waals surface area contributed by atoms with E-state index in [0.717, 1.165) is 19.2 Å². The van der Waals surface area contributed by atoms with Crippen molar-refractivity contribution >= 4 is 17.6 Å². The van der Waals surface area contributed by atoms with Gasteiger partial charge in [-0.05, 0) is 31.9 Å². The Hall–Kier alpha value is -3.87. The van der Waals surface area contributed by atoms with E-state index in [1.54, 1.807) is 17.2 Å². The van der Waals surface area contributed by atoms with Crippen LogP contribution in [0.2, 0.25) is 0 Å². The first-order valence-electron chi connectivity index (χ1n) is 12.0. The van der Waals surface area contributed by atoms with Gasteiger partial charge in [0.05, 0.1) is 37.0 Å². The van der Waals surface area contributed by atoms with Crippen molar-refractivity contribution in [2.75, 3.05) is 31.6 Å². The van der Waals surface area contributed by atoms with Crippen LogP contribution >= 0.6 is 0 Å². The number of aromatic nitrogens is 5. The molecular weight excluding hydrogens is 488 g/mol. The molecule has 6 rings (SSSR count). The summed E-state index contributed by atoms with van der Waals surface area (Å²) in [5.41, 5.74) is 0.122. The highest BCUT2D eigenvalue weighted by Crippen LogP contribution is 2.40. The van der Waals surface area contributed by atoms with Gasteiger partial charge in [-0.2, -0.15) is 9.37 Å². The summed E-state index contributed by atoms with van der Waals surface area (Å²) in [6, 6.07) is 4.31. The fourth-order valence-corrected chi connectivity index (χ4v) is 4.67. The predicted octanol–water partition coefficient (Wildman–Crippen LogP) is 3.09. The third kappa shape index (κ3) is 4.78. The number of anilines is 2. The van der Waals surface area contributed by atoms with Crippen LogP contribution in [0.15, 0.2) is 36.9 Å². The summed E-state index contributed by atoms with van der Waals surface area (Å²) in [5.74, 6) is -2.30. The molecule has 2 saturated heterocycles. The molecule has 4 heterocycles. The molecule has 37 heavy (non-hydrogen) atoms. The Labute approximate surface area is 210 Å². The molecule has 2 atom stereocenters. The summed E-state index contributed by atoms with van der Waals surface area (Å²) >= 11 is 0. The summed E-state index contributed by atoms with van der Waals surface area (Å²) in [6.07, 6.45) is 5.19. The van der Waals surface area contributed by atoms with Crippen LogP contribution in [0, 0.1) is 23.5 Å². The first-order valence-corrected chi connectivity index (χ1v) is 12.0. The number of halogens is 2. The maximum Gasteiger partial charge on any atom is 0.410 e. The van der Waals surface area contributed by atoms with Gasteiger partial charge in [0.25, 0.3) is 5.88 Å². The Morgan fingerprint density at radius 3 is 2.65 bits per heavy atom. The van der Waals surface area contributed by atoms with Gasteiger partial charge in [-0.3, -0.25) is 0 Å². The van der Waals surface area contributed by atoms with Crippen LogP contribution in [0.3, 0.4) is 0 Å². The normalized spacial score (nSPS) is 23.9. The van der Waals surface area contributed by atoms with Gasteiger partial charge >= 0.3 is 6.09 Å². The van der Waals surface area contributed by atoms with Crippen LogP contribution in [-0.4, -0.2) is 74.0 Å². The molecule has 3 aliphatic rings. The average molecular weight is 514 g/mol. The van der Waals surface area contributed by atoms with Crippen LogP contribution in [0.4, 0.5) is 25.1 Å². The van der Waals surface area contributed by atoms with Gasteiger partial charge in [-0.25, -0.2) is 18.9 Å². The van der Waals surface area contributed by atoms with E-state index < -0.39 is 17.7 Å². The fourth-order valence-electron chi connectivity index (χ4n) is 4.67. The highest BCUT2D eigenvalue weighted by atomic mass is 19.1. The van der Waals surface area contributed by atoms with E-state index in [0.29, 0.717) is 32.0 Å². The maximum atomic E-state index is 15.3. The van der Waals surface area contributed by atoms with Gasteiger partial charge in [-0.15, -0.1) is 5.10 Å². The molecule has 13 heteroatoms. The number of nitrogens with zero attached hydrogens (tertiary/aromatic N) is 6. The topological polar surface area (TPSA) is 117 Å². The Morgan fingerprint density at radius 2 is 1.97 bits per heavy atom. The van der Waals surface area contributed by atoms with Crippen molar-refractivity contribution in [2.45, 2.75) is 31.5 Å². The predicted molar refractivity (Wildman–Crippen MR) is 124 cm³/mol. The Kier molecular flexibility index (Phi) is 5.86. The van der Waals surface area contributed by atoms with Gasteiger partial charge in [-0.1, -0.05) is 5.21 Å². The van der Waals surface area contributed by atoms with Gasteiger partial charge < -0.3 is 24.4 Å². The second kappa shape index (κ2) is 9.21. The van der Waals surface area contributed by atoms with E-state index in [1.807, 2.05) is 6.92 Å². The first kappa shape index (κ1) is 23.5. The summed E-state index contributed by atoms with van der Waals surface area (Å²) in [7, 11) is 0. The van der Waals surface area contributed by atoms with Crippen molar-refractivity contribution in [2.24, 2.45) is 11.8 Å². The standard InChI is InChI=1S/C24H25F2N7O4/c1-24(4-5-24)37-23(34)32-9-14-11-35-12-15(10-32)20(14)36-22-19(26)21(27-13-28-22)30-18-3-2-16(8-17(18)25)33-7-6-29-31-33/h2-3,6-8,13-15,20H,4-5,9-12H2,1H3,(H,27,28,30). The summed E-state index contributed by atoms with van der Waals surface area (Å²) in [4.78, 5) is 22.2. The molecule has 2 aliphatic heterocycles. The van der Waals surface area contributed by atoms with Gasteiger partial charge in [0.2, 0.25) is 5.82 Å². The lowest BCUT2D eigenvalue weighted by Gasteiger charge is -2.46. The maximum absolute atomic E-state index is 15.3.